The lowest BCUT2D eigenvalue weighted by molar-refractivity contribution is 1.38. The summed E-state index contributed by atoms with van der Waals surface area (Å²) in [4.78, 5) is 0. The van der Waals surface area contributed by atoms with Crippen molar-refractivity contribution in [3.8, 4) is 0 Å². The van der Waals surface area contributed by atoms with Gasteiger partial charge in [0, 0.05) is 4.48 Å². The van der Waals surface area contributed by atoms with Gasteiger partial charge < -0.3 is 0 Å². The highest BCUT2D eigenvalue weighted by Gasteiger charge is 2.02. The van der Waals surface area contributed by atoms with Crippen LogP contribution in [0.3, 0.4) is 0 Å². The largest absolute Gasteiger partial charge is 0.0758 e. The van der Waals surface area contributed by atoms with E-state index in [9.17, 15) is 0 Å². The molecule has 17 heavy (non-hydrogen) atoms. The Balaban J connectivity index is 3.31. The number of hydrogen-bond acceptors (Lipinski definition) is 0. The first-order valence-electron chi connectivity index (χ1n) is 5.79. The van der Waals surface area contributed by atoms with Crippen molar-refractivity contribution < 1.29 is 0 Å². The predicted molar refractivity (Wildman–Crippen MR) is 81.3 cm³/mol. The molecular formula is C16H19Br. The minimum atomic E-state index is 1.10. The fourth-order valence-electron chi connectivity index (χ4n) is 1.64. The molecule has 1 heteroatoms. The Morgan fingerprint density at radius 1 is 1.12 bits per heavy atom. The quantitative estimate of drug-likeness (QED) is 0.632. The summed E-state index contributed by atoms with van der Waals surface area (Å²) in [6.07, 6.45) is 6.43. The molecule has 0 saturated heterocycles. The molecule has 0 fully saturated rings. The maximum absolute atomic E-state index is 3.54. The van der Waals surface area contributed by atoms with Crippen molar-refractivity contribution in [2.75, 3.05) is 0 Å². The number of halogens is 1. The molecular weight excluding hydrogens is 272 g/mol. The Hall–Kier alpha value is -1.08. The van der Waals surface area contributed by atoms with Crippen LogP contribution in [0.25, 0.3) is 5.57 Å². The van der Waals surface area contributed by atoms with Crippen molar-refractivity contribution in [1.29, 1.82) is 0 Å². The third-order valence-electron chi connectivity index (χ3n) is 2.47. The van der Waals surface area contributed by atoms with Crippen LogP contribution in [-0.4, -0.2) is 0 Å². The van der Waals surface area contributed by atoms with Crippen molar-refractivity contribution in [3.63, 3.8) is 0 Å². The highest BCUT2D eigenvalue weighted by Crippen LogP contribution is 2.24. The molecule has 0 radical (unpaired) electrons. The van der Waals surface area contributed by atoms with Gasteiger partial charge in [0.05, 0.1) is 0 Å². The average Bonchev–Trinajstić information content (AvgIpc) is 2.28. The van der Waals surface area contributed by atoms with Crippen molar-refractivity contribution >= 4 is 21.5 Å². The van der Waals surface area contributed by atoms with Gasteiger partial charge in [-0.25, -0.2) is 0 Å². The number of benzene rings is 1. The van der Waals surface area contributed by atoms with Crippen LogP contribution in [0.1, 0.15) is 31.9 Å². The zero-order valence-corrected chi connectivity index (χ0v) is 12.5. The van der Waals surface area contributed by atoms with E-state index in [-0.39, 0.29) is 0 Å². The second kappa shape index (κ2) is 6.61. The normalized spacial score (nSPS) is 12.5. The first kappa shape index (κ1) is 14.0. The first-order chi connectivity index (χ1) is 8.04. The predicted octanol–water partition coefficient (Wildman–Crippen LogP) is 5.64. The highest BCUT2D eigenvalue weighted by atomic mass is 79.9. The Kier molecular flexibility index (Phi) is 5.43. The van der Waals surface area contributed by atoms with E-state index in [1.54, 1.807) is 0 Å². The van der Waals surface area contributed by atoms with Crippen LogP contribution in [0.15, 0.2) is 52.5 Å². The minimum Gasteiger partial charge on any atom is -0.0758 e. The molecule has 0 nitrogen and oxygen atoms in total. The summed E-state index contributed by atoms with van der Waals surface area (Å²) in [5.74, 6) is 0. The van der Waals surface area contributed by atoms with Gasteiger partial charge in [0.1, 0.15) is 0 Å². The van der Waals surface area contributed by atoms with Gasteiger partial charge in [-0.2, -0.15) is 0 Å². The Labute approximate surface area is 113 Å². The van der Waals surface area contributed by atoms with Gasteiger partial charge in [0.15, 0.2) is 0 Å². The van der Waals surface area contributed by atoms with Crippen LogP contribution < -0.4 is 0 Å². The molecule has 90 valence electrons. The molecule has 0 bridgehead atoms. The molecule has 0 unspecified atom stereocenters. The van der Waals surface area contributed by atoms with Crippen LogP contribution in [-0.2, 0) is 0 Å². The van der Waals surface area contributed by atoms with E-state index in [4.69, 9.17) is 0 Å². The highest BCUT2D eigenvalue weighted by molar-refractivity contribution is 9.11. The fraction of sp³-hybridized carbons (Fsp3) is 0.250. The molecule has 1 aromatic carbocycles. The summed E-state index contributed by atoms with van der Waals surface area (Å²) >= 11 is 3.54. The van der Waals surface area contributed by atoms with Gasteiger partial charge in [0.25, 0.3) is 0 Å². The second-order valence-corrected chi connectivity index (χ2v) is 5.23. The topological polar surface area (TPSA) is 0 Å². The Morgan fingerprint density at radius 3 is 2.29 bits per heavy atom. The summed E-state index contributed by atoms with van der Waals surface area (Å²) in [6.45, 7) is 8.41. The van der Waals surface area contributed by atoms with Gasteiger partial charge in [-0.15, -0.1) is 0 Å². The van der Waals surface area contributed by atoms with E-state index in [2.05, 4.69) is 79.2 Å². The van der Waals surface area contributed by atoms with E-state index < -0.39 is 0 Å². The van der Waals surface area contributed by atoms with E-state index in [0.29, 0.717) is 0 Å². The lowest BCUT2D eigenvalue weighted by Gasteiger charge is -2.08. The summed E-state index contributed by atoms with van der Waals surface area (Å²) in [5.41, 5.74) is 5.13. The first-order valence-corrected chi connectivity index (χ1v) is 6.58. The van der Waals surface area contributed by atoms with Gasteiger partial charge in [-0.1, -0.05) is 57.9 Å². The zero-order chi connectivity index (χ0) is 12.8. The van der Waals surface area contributed by atoms with Gasteiger partial charge in [0.2, 0.25) is 0 Å². The third kappa shape index (κ3) is 4.35. The number of rotatable bonds is 3. The molecule has 0 aliphatic heterocycles. The molecule has 0 saturated carbocycles. The molecule has 0 heterocycles. The van der Waals surface area contributed by atoms with Crippen LogP contribution in [0.5, 0.6) is 0 Å². The van der Waals surface area contributed by atoms with Gasteiger partial charge >= 0.3 is 0 Å². The molecule has 0 aliphatic rings. The fourth-order valence-corrected chi connectivity index (χ4v) is 1.88. The lowest BCUT2D eigenvalue weighted by Crippen LogP contribution is -1.87. The summed E-state index contributed by atoms with van der Waals surface area (Å²) < 4.78 is 1.10. The van der Waals surface area contributed by atoms with Gasteiger partial charge in [-0.05, 0) is 50.5 Å². The SMILES string of the molecule is C/C=C(Br)\C=C(/C=C(C)C)c1ccccc1C. The van der Waals surface area contributed by atoms with Crippen LogP contribution in [0.4, 0.5) is 0 Å². The summed E-state index contributed by atoms with van der Waals surface area (Å²) in [5, 5.41) is 0. The van der Waals surface area contributed by atoms with Gasteiger partial charge in [-0.3, -0.25) is 0 Å². The number of aryl methyl sites for hydroxylation is 1. The van der Waals surface area contributed by atoms with Crippen molar-refractivity contribution in [1.82, 2.24) is 0 Å². The summed E-state index contributed by atoms with van der Waals surface area (Å²) in [6, 6.07) is 8.46. The Morgan fingerprint density at radius 2 is 1.76 bits per heavy atom. The minimum absolute atomic E-state index is 1.10. The maximum Gasteiger partial charge on any atom is 0.0138 e. The lowest BCUT2D eigenvalue weighted by atomic mass is 9.98. The van der Waals surface area contributed by atoms with Crippen LogP contribution >= 0.6 is 15.9 Å². The number of hydrogen-bond donors (Lipinski definition) is 0. The van der Waals surface area contributed by atoms with E-state index in [1.165, 1.54) is 22.3 Å². The zero-order valence-electron chi connectivity index (χ0n) is 10.9. The monoisotopic (exact) mass is 290 g/mol. The summed E-state index contributed by atoms with van der Waals surface area (Å²) in [7, 11) is 0. The molecule has 1 rings (SSSR count). The molecule has 0 aromatic heterocycles. The van der Waals surface area contributed by atoms with E-state index >= 15 is 0 Å². The maximum atomic E-state index is 3.54. The molecule has 1 aromatic rings. The van der Waals surface area contributed by atoms with E-state index in [0.717, 1.165) is 4.48 Å². The van der Waals surface area contributed by atoms with Crippen molar-refractivity contribution in [2.24, 2.45) is 0 Å². The average molecular weight is 291 g/mol. The molecule has 0 aliphatic carbocycles. The van der Waals surface area contributed by atoms with Crippen LogP contribution in [0, 0.1) is 6.92 Å². The smallest absolute Gasteiger partial charge is 0.0138 e. The third-order valence-corrected chi connectivity index (χ3v) is 3.16. The van der Waals surface area contributed by atoms with E-state index in [1.807, 2.05) is 6.92 Å². The van der Waals surface area contributed by atoms with Crippen LogP contribution in [0.2, 0.25) is 0 Å². The second-order valence-electron chi connectivity index (χ2n) is 4.31. The Bertz CT molecular complexity index is 472. The standard InChI is InChI=1S/C16H19Br/c1-5-15(17)11-14(10-12(2)3)16-9-7-6-8-13(16)4/h5-11H,1-4H3/b14-11+,15-5+. The molecule has 0 amide bonds. The number of allylic oxidation sites excluding steroid dienone is 6. The molecule has 0 spiro atoms. The molecule has 0 atom stereocenters. The van der Waals surface area contributed by atoms with Crippen molar-refractivity contribution in [3.05, 3.63) is 63.7 Å². The molecule has 0 N–H and O–H groups in total. The van der Waals surface area contributed by atoms with Crippen molar-refractivity contribution in [2.45, 2.75) is 27.7 Å².